The molecule has 110 valence electrons. The predicted molar refractivity (Wildman–Crippen MR) is 74.9 cm³/mol. The molecule has 0 aliphatic heterocycles. The van der Waals surface area contributed by atoms with Crippen molar-refractivity contribution in [1.29, 1.82) is 0 Å². The molecule has 7 heteroatoms. The Hall–Kier alpha value is -2.15. The Morgan fingerprint density at radius 1 is 1.50 bits per heavy atom. The van der Waals surface area contributed by atoms with Crippen molar-refractivity contribution in [2.75, 3.05) is 20.6 Å². The number of carbonyl (C=O) groups excluding carboxylic acids is 1. The second-order valence-electron chi connectivity index (χ2n) is 4.90. The molecule has 0 aromatic heterocycles. The van der Waals surface area contributed by atoms with Gasteiger partial charge in [-0.05, 0) is 40.1 Å². The number of rotatable bonds is 6. The van der Waals surface area contributed by atoms with E-state index in [1.165, 1.54) is 12.1 Å². The monoisotopic (exact) mass is 281 g/mol. The summed E-state index contributed by atoms with van der Waals surface area (Å²) in [5.41, 5.74) is -0.561. The zero-order chi connectivity index (χ0) is 15.3. The number of para-hydroxylation sites is 1. The highest BCUT2D eigenvalue weighted by Crippen LogP contribution is 2.29. The van der Waals surface area contributed by atoms with Gasteiger partial charge >= 0.3 is 5.69 Å². The zero-order valence-electron chi connectivity index (χ0n) is 11.8. The Morgan fingerprint density at radius 3 is 2.70 bits per heavy atom. The van der Waals surface area contributed by atoms with Crippen molar-refractivity contribution in [2.24, 2.45) is 0 Å². The smallest absolute Gasteiger partial charge is 0.311 e. The molecule has 0 fully saturated rings. The number of amides is 1. The molecule has 0 bridgehead atoms. The number of nitro groups is 1. The fraction of sp³-hybridized carbons (Fsp3) is 0.462. The van der Waals surface area contributed by atoms with Crippen LogP contribution in [0, 0.1) is 10.1 Å². The Kier molecular flexibility index (Phi) is 5.45. The summed E-state index contributed by atoms with van der Waals surface area (Å²) in [6.07, 6.45) is 0.744. The number of carbonyl (C=O) groups is 1. The summed E-state index contributed by atoms with van der Waals surface area (Å²) in [7, 11) is 3.86. The van der Waals surface area contributed by atoms with Crippen molar-refractivity contribution in [3.63, 3.8) is 0 Å². The van der Waals surface area contributed by atoms with E-state index in [1.54, 1.807) is 0 Å². The number of nitrogens with one attached hydrogen (secondary N) is 1. The van der Waals surface area contributed by atoms with Crippen LogP contribution in [-0.4, -0.2) is 47.5 Å². The van der Waals surface area contributed by atoms with E-state index in [0.717, 1.165) is 19.0 Å². The minimum atomic E-state index is -0.721. The lowest BCUT2D eigenvalue weighted by molar-refractivity contribution is -0.385. The first-order chi connectivity index (χ1) is 9.32. The zero-order valence-corrected chi connectivity index (χ0v) is 11.8. The predicted octanol–water partition coefficient (Wildman–Crippen LogP) is 1.37. The first-order valence-electron chi connectivity index (χ1n) is 6.25. The van der Waals surface area contributed by atoms with Crippen molar-refractivity contribution in [1.82, 2.24) is 10.2 Å². The average Bonchev–Trinajstić information content (AvgIpc) is 2.36. The van der Waals surface area contributed by atoms with Crippen LogP contribution < -0.4 is 5.32 Å². The molecule has 0 radical (unpaired) electrons. The van der Waals surface area contributed by atoms with Gasteiger partial charge in [0.2, 0.25) is 5.75 Å². The van der Waals surface area contributed by atoms with E-state index in [9.17, 15) is 20.0 Å². The van der Waals surface area contributed by atoms with Gasteiger partial charge in [-0.1, -0.05) is 6.07 Å². The van der Waals surface area contributed by atoms with E-state index >= 15 is 0 Å². The number of benzene rings is 1. The van der Waals surface area contributed by atoms with Gasteiger partial charge in [-0.25, -0.2) is 0 Å². The van der Waals surface area contributed by atoms with E-state index in [-0.39, 0.29) is 11.6 Å². The molecule has 1 unspecified atom stereocenters. The Balaban J connectivity index is 2.78. The van der Waals surface area contributed by atoms with Crippen LogP contribution in [0.1, 0.15) is 23.7 Å². The highest BCUT2D eigenvalue weighted by molar-refractivity contribution is 5.98. The minimum Gasteiger partial charge on any atom is -0.502 e. The Bertz CT molecular complexity index is 502. The molecule has 1 aromatic carbocycles. The van der Waals surface area contributed by atoms with Crippen molar-refractivity contribution in [3.8, 4) is 5.75 Å². The number of nitrogens with zero attached hydrogens (tertiary/aromatic N) is 2. The summed E-state index contributed by atoms with van der Waals surface area (Å²) >= 11 is 0. The maximum atomic E-state index is 12.0. The maximum absolute atomic E-state index is 12.0. The van der Waals surface area contributed by atoms with Crippen LogP contribution in [0.25, 0.3) is 0 Å². The summed E-state index contributed by atoms with van der Waals surface area (Å²) in [4.78, 5) is 24.0. The van der Waals surface area contributed by atoms with Gasteiger partial charge in [0.1, 0.15) is 0 Å². The number of nitro benzene ring substituents is 1. The summed E-state index contributed by atoms with van der Waals surface area (Å²) in [5.74, 6) is -1.12. The molecule has 1 atom stereocenters. The van der Waals surface area contributed by atoms with Gasteiger partial charge in [0, 0.05) is 12.1 Å². The molecular weight excluding hydrogens is 262 g/mol. The third-order valence-electron chi connectivity index (χ3n) is 2.84. The fourth-order valence-corrected chi connectivity index (χ4v) is 1.69. The van der Waals surface area contributed by atoms with Crippen LogP contribution in [0.15, 0.2) is 18.2 Å². The molecule has 1 amide bonds. The van der Waals surface area contributed by atoms with Crippen LogP contribution >= 0.6 is 0 Å². The summed E-state index contributed by atoms with van der Waals surface area (Å²) in [5, 5.41) is 23.2. The summed E-state index contributed by atoms with van der Waals surface area (Å²) in [6.45, 7) is 2.65. The van der Waals surface area contributed by atoms with E-state index in [4.69, 9.17) is 0 Å². The van der Waals surface area contributed by atoms with Crippen molar-refractivity contribution < 1.29 is 14.8 Å². The first-order valence-corrected chi connectivity index (χ1v) is 6.25. The Morgan fingerprint density at radius 2 is 2.15 bits per heavy atom. The molecule has 0 heterocycles. The number of hydrogen-bond donors (Lipinski definition) is 2. The Labute approximate surface area is 117 Å². The molecule has 0 spiro atoms. The van der Waals surface area contributed by atoms with Crippen molar-refractivity contribution >= 4 is 11.6 Å². The van der Waals surface area contributed by atoms with Crippen LogP contribution in [0.3, 0.4) is 0 Å². The van der Waals surface area contributed by atoms with Crippen LogP contribution in [0.2, 0.25) is 0 Å². The van der Waals surface area contributed by atoms with Crippen LogP contribution in [0.4, 0.5) is 5.69 Å². The van der Waals surface area contributed by atoms with Gasteiger partial charge in [-0.3, -0.25) is 14.9 Å². The molecule has 0 saturated carbocycles. The molecule has 1 rings (SSSR count). The fourth-order valence-electron chi connectivity index (χ4n) is 1.69. The highest BCUT2D eigenvalue weighted by Gasteiger charge is 2.21. The lowest BCUT2D eigenvalue weighted by Gasteiger charge is -2.17. The minimum absolute atomic E-state index is 0.0871. The van der Waals surface area contributed by atoms with E-state index in [1.807, 2.05) is 25.9 Å². The molecule has 0 aliphatic carbocycles. The van der Waals surface area contributed by atoms with Crippen molar-refractivity contribution in [3.05, 3.63) is 33.9 Å². The molecule has 2 N–H and O–H groups in total. The molecule has 20 heavy (non-hydrogen) atoms. The van der Waals surface area contributed by atoms with E-state index in [0.29, 0.717) is 0 Å². The molecule has 0 saturated heterocycles. The van der Waals surface area contributed by atoms with Crippen LogP contribution in [0.5, 0.6) is 5.75 Å². The van der Waals surface area contributed by atoms with Gasteiger partial charge in [0.25, 0.3) is 5.91 Å². The normalized spacial score (nSPS) is 12.2. The van der Waals surface area contributed by atoms with Crippen LogP contribution in [-0.2, 0) is 0 Å². The van der Waals surface area contributed by atoms with E-state index in [2.05, 4.69) is 5.32 Å². The third-order valence-corrected chi connectivity index (χ3v) is 2.84. The van der Waals surface area contributed by atoms with E-state index < -0.39 is 22.3 Å². The second kappa shape index (κ2) is 6.85. The summed E-state index contributed by atoms with van der Waals surface area (Å²) in [6, 6.07) is 3.79. The highest BCUT2D eigenvalue weighted by atomic mass is 16.6. The van der Waals surface area contributed by atoms with Gasteiger partial charge in [-0.2, -0.15) is 0 Å². The SMILES string of the molecule is CC(CCN(C)C)NC(=O)c1cccc([N+](=O)[O-])c1O. The van der Waals surface area contributed by atoms with Gasteiger partial charge in [0.05, 0.1) is 10.5 Å². The standard InChI is InChI=1S/C13H19N3O4/c1-9(7-8-15(2)3)14-13(18)10-5-4-6-11(12(10)17)16(19)20/h4-6,9,17H,7-8H2,1-3H3,(H,14,18). The van der Waals surface area contributed by atoms with Gasteiger partial charge in [-0.15, -0.1) is 0 Å². The molecule has 0 aliphatic rings. The number of aromatic hydroxyl groups is 1. The quantitative estimate of drug-likeness (QED) is 0.606. The lowest BCUT2D eigenvalue weighted by atomic mass is 10.1. The topological polar surface area (TPSA) is 95.7 Å². The maximum Gasteiger partial charge on any atom is 0.311 e. The largest absolute Gasteiger partial charge is 0.502 e. The van der Waals surface area contributed by atoms with Gasteiger partial charge in [0.15, 0.2) is 0 Å². The molecule has 7 nitrogen and oxygen atoms in total. The van der Waals surface area contributed by atoms with Crippen molar-refractivity contribution in [2.45, 2.75) is 19.4 Å². The number of phenolic OH excluding ortho intramolecular Hbond substituents is 1. The number of phenols is 1. The second-order valence-corrected chi connectivity index (χ2v) is 4.90. The molecule has 1 aromatic rings. The third kappa shape index (κ3) is 4.20. The lowest BCUT2D eigenvalue weighted by Crippen LogP contribution is -2.34. The summed E-state index contributed by atoms with van der Waals surface area (Å²) < 4.78 is 0. The first kappa shape index (κ1) is 15.9. The number of hydrogen-bond acceptors (Lipinski definition) is 5. The molecular formula is C13H19N3O4. The van der Waals surface area contributed by atoms with Gasteiger partial charge < -0.3 is 15.3 Å². The average molecular weight is 281 g/mol.